The van der Waals surface area contributed by atoms with Gasteiger partial charge in [-0.3, -0.25) is 4.90 Å². The quantitative estimate of drug-likeness (QED) is 0.371. The van der Waals surface area contributed by atoms with Gasteiger partial charge in [0.15, 0.2) is 5.82 Å². The molecular formula is C28H26F2N6O3S. The molecule has 2 unspecified atom stereocenters. The molecule has 0 aliphatic carbocycles. The van der Waals surface area contributed by atoms with Crippen LogP contribution in [0.25, 0.3) is 32.1 Å². The number of likely N-dealkylation sites (tertiary alicyclic amines) is 1. The number of piperazine rings is 1. The minimum Gasteiger partial charge on any atom is -0.467 e. The summed E-state index contributed by atoms with van der Waals surface area (Å²) in [5.74, 6) is -0.790. The number of aliphatic hydroxyl groups is 1. The summed E-state index contributed by atoms with van der Waals surface area (Å²) in [5, 5.41) is 20.4. The molecule has 4 aromatic rings. The van der Waals surface area contributed by atoms with Crippen molar-refractivity contribution in [2.45, 2.75) is 38.1 Å². The van der Waals surface area contributed by atoms with Gasteiger partial charge >= 0.3 is 6.01 Å². The van der Waals surface area contributed by atoms with Gasteiger partial charge in [0.1, 0.15) is 28.2 Å². The van der Waals surface area contributed by atoms with Crippen LogP contribution in [0, 0.1) is 23.0 Å². The fourth-order valence-electron chi connectivity index (χ4n) is 6.73. The lowest BCUT2D eigenvalue weighted by Gasteiger charge is -2.42. The van der Waals surface area contributed by atoms with Gasteiger partial charge in [-0.2, -0.15) is 15.2 Å². The molecule has 3 aliphatic rings. The number of β-amino-alcohol motifs (C(OH)–C–C–N with tert-alkyl or cyclic N) is 1. The highest BCUT2D eigenvalue weighted by atomic mass is 32.1. The first kappa shape index (κ1) is 25.3. The minimum absolute atomic E-state index is 0.0135. The van der Waals surface area contributed by atoms with Gasteiger partial charge in [0.2, 0.25) is 0 Å². The van der Waals surface area contributed by atoms with Gasteiger partial charge in [-0.05, 0) is 36.1 Å². The van der Waals surface area contributed by atoms with Crippen LogP contribution < -0.4 is 15.4 Å². The van der Waals surface area contributed by atoms with Crippen LogP contribution in [0.1, 0.15) is 29.5 Å². The largest absolute Gasteiger partial charge is 0.467 e. The first-order valence-corrected chi connectivity index (χ1v) is 14.0. The van der Waals surface area contributed by atoms with E-state index in [9.17, 15) is 10.4 Å². The van der Waals surface area contributed by atoms with E-state index in [1.807, 2.05) is 0 Å². The molecule has 206 valence electrons. The van der Waals surface area contributed by atoms with Gasteiger partial charge in [0, 0.05) is 52.9 Å². The van der Waals surface area contributed by atoms with Gasteiger partial charge in [0.05, 0.1) is 37.9 Å². The fourth-order valence-corrected chi connectivity index (χ4v) is 7.66. The summed E-state index contributed by atoms with van der Waals surface area (Å²) >= 11 is 1.16. The number of nitrogens with zero attached hydrogens (tertiary/aromatic N) is 5. The van der Waals surface area contributed by atoms with E-state index in [1.165, 1.54) is 13.2 Å². The number of nitrogen functional groups attached to an aromatic ring is 1. The number of nitriles is 1. The van der Waals surface area contributed by atoms with E-state index in [0.717, 1.165) is 37.3 Å². The molecule has 2 fully saturated rings. The minimum atomic E-state index is -0.715. The lowest BCUT2D eigenvalue weighted by atomic mass is 9.90. The Balaban J connectivity index is 1.52. The summed E-state index contributed by atoms with van der Waals surface area (Å²) in [5.41, 5.74) is 7.49. The topological polar surface area (TPSA) is 121 Å². The number of hydrogen-bond donors (Lipinski definition) is 2. The number of thiophene rings is 1. The zero-order valence-electron chi connectivity index (χ0n) is 21.7. The maximum Gasteiger partial charge on any atom is 0.318 e. The summed E-state index contributed by atoms with van der Waals surface area (Å²) in [6.07, 6.45) is 1.90. The number of rotatable bonds is 5. The first-order chi connectivity index (χ1) is 19.4. The number of methoxy groups -OCH3 is 1. The molecule has 2 bridgehead atoms. The zero-order valence-corrected chi connectivity index (χ0v) is 22.5. The molecule has 2 aromatic heterocycles. The molecule has 0 spiro atoms. The van der Waals surface area contributed by atoms with E-state index in [1.54, 1.807) is 6.07 Å². The van der Waals surface area contributed by atoms with Crippen molar-refractivity contribution in [3.63, 3.8) is 0 Å². The van der Waals surface area contributed by atoms with Crippen LogP contribution in [-0.4, -0.2) is 65.4 Å². The van der Waals surface area contributed by atoms with E-state index in [0.29, 0.717) is 33.6 Å². The first-order valence-electron chi connectivity index (χ1n) is 13.1. The molecule has 9 nitrogen and oxygen atoms in total. The standard InChI is InChI=1S/C28H26F2N6O3S/c1-38-28-33-25-22(27(34-28)36-13-2-3-14(36)10-35(9-13)6-7-37)17-12-39-11-16(17)21(24(25)30)23-18(29)4-5-19-20(23)15(8-31)26(32)40-19/h4-5,13-14,37H,2-3,6-7,9-12,32H2,1H3. The Labute approximate surface area is 232 Å². The number of nitrogens with two attached hydrogens (primary N) is 1. The van der Waals surface area contributed by atoms with Gasteiger partial charge < -0.3 is 25.2 Å². The van der Waals surface area contributed by atoms with Crippen LogP contribution in [0.15, 0.2) is 12.1 Å². The van der Waals surface area contributed by atoms with Crippen molar-refractivity contribution in [3.8, 4) is 23.2 Å². The van der Waals surface area contributed by atoms with Crippen molar-refractivity contribution in [2.24, 2.45) is 0 Å². The Morgan fingerprint density at radius 3 is 2.60 bits per heavy atom. The molecule has 40 heavy (non-hydrogen) atoms. The van der Waals surface area contributed by atoms with Crippen molar-refractivity contribution in [2.75, 3.05) is 44.0 Å². The SMILES string of the molecule is COc1nc(N2C3CCC2CN(CCO)C3)c2c3c(c(-c4c(F)ccc5sc(N)c(C#N)c45)c(F)c2n1)COC3. The summed E-state index contributed by atoms with van der Waals surface area (Å²) in [7, 11) is 1.43. The molecule has 5 heterocycles. The highest BCUT2D eigenvalue weighted by Gasteiger charge is 2.42. The second-order valence-electron chi connectivity index (χ2n) is 10.4. The van der Waals surface area contributed by atoms with E-state index >= 15 is 8.78 Å². The third kappa shape index (κ3) is 3.58. The number of anilines is 2. The molecule has 0 saturated carbocycles. The number of aromatic nitrogens is 2. The molecule has 7 rings (SSSR count). The number of hydrogen-bond acceptors (Lipinski definition) is 10. The molecule has 2 aromatic carbocycles. The maximum atomic E-state index is 16.9. The molecule has 2 saturated heterocycles. The lowest BCUT2D eigenvalue weighted by Crippen LogP contribution is -2.54. The molecule has 2 atom stereocenters. The smallest absolute Gasteiger partial charge is 0.318 e. The highest BCUT2D eigenvalue weighted by Crippen LogP contribution is 2.49. The van der Waals surface area contributed by atoms with Gasteiger partial charge in [-0.25, -0.2) is 8.78 Å². The van der Waals surface area contributed by atoms with Gasteiger partial charge in [0.25, 0.3) is 0 Å². The Kier molecular flexibility index (Phi) is 6.01. The monoisotopic (exact) mass is 564 g/mol. The van der Waals surface area contributed by atoms with Gasteiger partial charge in [-0.1, -0.05) is 0 Å². The molecule has 3 aliphatic heterocycles. The normalized spacial score (nSPS) is 20.4. The second kappa shape index (κ2) is 9.49. The number of halogens is 2. The predicted octanol–water partition coefficient (Wildman–Crippen LogP) is 3.93. The third-order valence-electron chi connectivity index (χ3n) is 8.35. The summed E-state index contributed by atoms with van der Waals surface area (Å²) < 4.78 is 44.4. The predicted molar refractivity (Wildman–Crippen MR) is 147 cm³/mol. The van der Waals surface area contributed by atoms with Crippen molar-refractivity contribution in [1.29, 1.82) is 5.26 Å². The van der Waals surface area contributed by atoms with E-state index in [2.05, 4.69) is 20.9 Å². The van der Waals surface area contributed by atoms with E-state index < -0.39 is 11.6 Å². The van der Waals surface area contributed by atoms with Crippen LogP contribution in [0.3, 0.4) is 0 Å². The zero-order chi connectivity index (χ0) is 27.7. The number of ether oxygens (including phenoxy) is 2. The van der Waals surface area contributed by atoms with Crippen LogP contribution in [0.5, 0.6) is 6.01 Å². The average molecular weight is 565 g/mol. The molecule has 0 radical (unpaired) electrons. The maximum absolute atomic E-state index is 16.9. The van der Waals surface area contributed by atoms with Crippen LogP contribution >= 0.6 is 11.3 Å². The summed E-state index contributed by atoms with van der Waals surface area (Å²) in [6, 6.07) is 5.18. The number of benzene rings is 2. The number of aliphatic hydroxyl groups excluding tert-OH is 1. The second-order valence-corrected chi connectivity index (χ2v) is 11.5. The fraction of sp³-hybridized carbons (Fsp3) is 0.393. The van der Waals surface area contributed by atoms with Crippen LogP contribution in [0.4, 0.5) is 19.6 Å². The highest BCUT2D eigenvalue weighted by molar-refractivity contribution is 7.23. The molecule has 12 heteroatoms. The summed E-state index contributed by atoms with van der Waals surface area (Å²) in [4.78, 5) is 13.7. The lowest BCUT2D eigenvalue weighted by molar-refractivity contribution is 0.135. The van der Waals surface area contributed by atoms with Gasteiger partial charge in [-0.15, -0.1) is 11.3 Å². The molecular weight excluding hydrogens is 538 g/mol. The Morgan fingerprint density at radius 2 is 1.90 bits per heavy atom. The van der Waals surface area contributed by atoms with E-state index in [-0.39, 0.29) is 70.5 Å². The Hall–Kier alpha value is -3.63. The van der Waals surface area contributed by atoms with Crippen molar-refractivity contribution < 1.29 is 23.4 Å². The van der Waals surface area contributed by atoms with Crippen molar-refractivity contribution >= 4 is 43.1 Å². The van der Waals surface area contributed by atoms with Crippen LogP contribution in [0.2, 0.25) is 0 Å². The Bertz CT molecular complexity index is 1720. The molecule has 3 N–H and O–H groups in total. The van der Waals surface area contributed by atoms with Crippen LogP contribution in [-0.2, 0) is 18.0 Å². The average Bonchev–Trinajstić information content (AvgIpc) is 3.63. The Morgan fingerprint density at radius 1 is 1.15 bits per heavy atom. The van der Waals surface area contributed by atoms with E-state index in [4.69, 9.17) is 20.2 Å². The van der Waals surface area contributed by atoms with Crippen molar-refractivity contribution in [3.05, 3.63) is 40.5 Å². The van der Waals surface area contributed by atoms with Crippen molar-refractivity contribution in [1.82, 2.24) is 14.9 Å². The molecule has 0 amide bonds. The third-order valence-corrected chi connectivity index (χ3v) is 9.34. The number of fused-ring (bicyclic) bond motifs is 6. The summed E-state index contributed by atoms with van der Waals surface area (Å²) in [6.45, 7) is 2.48.